The van der Waals surface area contributed by atoms with Crippen molar-refractivity contribution in [1.82, 2.24) is 15.0 Å². The first-order valence-corrected chi connectivity index (χ1v) is 10.2. The third kappa shape index (κ3) is 4.61. The molecule has 4 rings (SSSR count). The Bertz CT molecular complexity index is 1170. The molecule has 0 bridgehead atoms. The summed E-state index contributed by atoms with van der Waals surface area (Å²) < 4.78 is 5.54. The zero-order valence-corrected chi connectivity index (χ0v) is 17.8. The van der Waals surface area contributed by atoms with E-state index in [1.54, 1.807) is 43.9 Å². The van der Waals surface area contributed by atoms with E-state index in [0.717, 1.165) is 12.8 Å². The summed E-state index contributed by atoms with van der Waals surface area (Å²) in [5, 5.41) is 14.5. The van der Waals surface area contributed by atoms with Crippen molar-refractivity contribution in [3.05, 3.63) is 60.0 Å². The number of anilines is 4. The molecule has 0 aliphatic heterocycles. The minimum Gasteiger partial charge on any atom is -0.492 e. The van der Waals surface area contributed by atoms with E-state index < -0.39 is 0 Å². The summed E-state index contributed by atoms with van der Waals surface area (Å²) in [6.45, 7) is 1.74. The molecule has 1 aliphatic rings. The number of hydrogen-bond acceptors (Lipinski definition) is 8. The molecule has 3 aromatic heterocycles. The van der Waals surface area contributed by atoms with Gasteiger partial charge in [-0.1, -0.05) is 6.07 Å². The van der Waals surface area contributed by atoms with Gasteiger partial charge >= 0.3 is 0 Å². The summed E-state index contributed by atoms with van der Waals surface area (Å²) >= 11 is 0. The van der Waals surface area contributed by atoms with E-state index in [-0.39, 0.29) is 17.5 Å². The van der Waals surface area contributed by atoms with E-state index in [2.05, 4.69) is 30.6 Å². The molecule has 0 amide bonds. The molecule has 0 saturated heterocycles. The lowest BCUT2D eigenvalue weighted by Gasteiger charge is -2.16. The van der Waals surface area contributed by atoms with Crippen molar-refractivity contribution in [3.8, 4) is 5.75 Å². The monoisotopic (exact) mass is 429 g/mol. The first kappa shape index (κ1) is 21.1. The molecule has 9 nitrogen and oxygen atoms in total. The molecule has 9 heteroatoms. The van der Waals surface area contributed by atoms with Gasteiger partial charge in [0.15, 0.2) is 23.2 Å². The fourth-order valence-corrected chi connectivity index (χ4v) is 3.21. The molecule has 3 heterocycles. The summed E-state index contributed by atoms with van der Waals surface area (Å²) in [6.07, 6.45) is 8.12. The molecule has 3 N–H and O–H groups in total. The average Bonchev–Trinajstić information content (AvgIpc) is 3.65. The number of carbonyl (C=O) groups is 1. The number of aliphatic imine (C=N–C) groups is 1. The van der Waals surface area contributed by atoms with Gasteiger partial charge in [-0.15, -0.1) is 0 Å². The first-order valence-electron chi connectivity index (χ1n) is 10.2. The van der Waals surface area contributed by atoms with Gasteiger partial charge in [-0.25, -0.2) is 19.9 Å². The topological polar surface area (TPSA) is 125 Å². The van der Waals surface area contributed by atoms with Crippen molar-refractivity contribution >= 4 is 41.0 Å². The third-order valence-corrected chi connectivity index (χ3v) is 4.91. The fourth-order valence-electron chi connectivity index (χ4n) is 3.21. The molecule has 1 fully saturated rings. The fraction of sp³-hybridized carbons (Fsp3) is 0.217. The number of ether oxygens (including phenoxy) is 1. The second-order valence-electron chi connectivity index (χ2n) is 7.19. The van der Waals surface area contributed by atoms with Crippen molar-refractivity contribution < 1.29 is 9.53 Å². The summed E-state index contributed by atoms with van der Waals surface area (Å²) in [5.41, 5.74) is 1.51. The van der Waals surface area contributed by atoms with Crippen molar-refractivity contribution in [3.63, 3.8) is 0 Å². The number of hydrogen-bond donors (Lipinski definition) is 3. The highest BCUT2D eigenvalue weighted by molar-refractivity contribution is 6.06. The standard InChI is InChI=1S/C23H23N7O2/c1-3-25-22(24)15-9-11-27-23(21(15)32-2)29-17-12-19(30-18-6-4-5-10-26-18)28-13-16(17)20(31)14-7-8-14/h3-6,9-14,24H,7-8H2,1-2H3,(H2,26,27,28,29,30). The molecule has 3 aromatic rings. The van der Waals surface area contributed by atoms with Crippen LogP contribution in [0.5, 0.6) is 5.75 Å². The van der Waals surface area contributed by atoms with Crippen LogP contribution in [0.25, 0.3) is 0 Å². The number of ketones is 1. The highest BCUT2D eigenvalue weighted by Gasteiger charge is 2.32. The Kier molecular flexibility index (Phi) is 6.16. The van der Waals surface area contributed by atoms with Crippen molar-refractivity contribution in [2.24, 2.45) is 10.9 Å². The Labute approximate surface area is 185 Å². The molecule has 0 radical (unpaired) electrons. The maximum Gasteiger partial charge on any atom is 0.173 e. The Hall–Kier alpha value is -4.14. The SMILES string of the molecule is CC=NC(=N)c1ccnc(Nc2cc(Nc3ccccn3)ncc2C(=O)C2CC2)c1OC. The van der Waals surface area contributed by atoms with E-state index in [1.165, 1.54) is 7.11 Å². The van der Waals surface area contributed by atoms with Gasteiger partial charge in [0, 0.05) is 36.8 Å². The second kappa shape index (κ2) is 9.34. The lowest BCUT2D eigenvalue weighted by molar-refractivity contribution is 0.0968. The Morgan fingerprint density at radius 2 is 1.97 bits per heavy atom. The summed E-state index contributed by atoms with van der Waals surface area (Å²) in [7, 11) is 1.51. The van der Waals surface area contributed by atoms with Crippen LogP contribution in [0.3, 0.4) is 0 Å². The average molecular weight is 429 g/mol. The molecule has 0 atom stereocenters. The van der Waals surface area contributed by atoms with Gasteiger partial charge < -0.3 is 15.4 Å². The number of nitrogens with one attached hydrogen (secondary N) is 3. The van der Waals surface area contributed by atoms with E-state index in [4.69, 9.17) is 10.1 Å². The maximum absolute atomic E-state index is 12.9. The van der Waals surface area contributed by atoms with E-state index in [1.807, 2.05) is 18.2 Å². The van der Waals surface area contributed by atoms with Crippen LogP contribution in [0, 0.1) is 11.3 Å². The number of carbonyl (C=O) groups excluding carboxylic acids is 1. The van der Waals surface area contributed by atoms with Crippen LogP contribution in [-0.4, -0.2) is 39.9 Å². The molecular formula is C23H23N7O2. The van der Waals surface area contributed by atoms with Crippen molar-refractivity contribution in [1.29, 1.82) is 5.41 Å². The number of rotatable bonds is 8. The quantitative estimate of drug-likeness (QED) is 0.276. The number of amidine groups is 1. The van der Waals surface area contributed by atoms with Crippen LogP contribution in [-0.2, 0) is 0 Å². The smallest absolute Gasteiger partial charge is 0.173 e. The van der Waals surface area contributed by atoms with Crippen LogP contribution in [0.1, 0.15) is 35.7 Å². The Morgan fingerprint density at radius 1 is 1.12 bits per heavy atom. The number of aromatic nitrogens is 3. The third-order valence-electron chi connectivity index (χ3n) is 4.91. The van der Waals surface area contributed by atoms with Crippen LogP contribution < -0.4 is 15.4 Å². The summed E-state index contributed by atoms with van der Waals surface area (Å²) in [4.78, 5) is 29.9. The molecule has 1 saturated carbocycles. The minimum atomic E-state index is 0.0280. The molecule has 1 aliphatic carbocycles. The lowest BCUT2D eigenvalue weighted by Crippen LogP contribution is -2.10. The highest BCUT2D eigenvalue weighted by atomic mass is 16.5. The van der Waals surface area contributed by atoms with Gasteiger partial charge in [0.05, 0.1) is 23.9 Å². The van der Waals surface area contributed by atoms with Gasteiger partial charge in [0.25, 0.3) is 0 Å². The van der Waals surface area contributed by atoms with Crippen LogP contribution in [0.4, 0.5) is 23.1 Å². The normalized spacial score (nSPS) is 13.1. The van der Waals surface area contributed by atoms with Gasteiger partial charge in [-0.3, -0.25) is 10.2 Å². The van der Waals surface area contributed by atoms with Crippen LogP contribution in [0.15, 0.2) is 53.9 Å². The number of pyridine rings is 3. The molecule has 162 valence electrons. The predicted octanol–water partition coefficient (Wildman–Crippen LogP) is 4.38. The van der Waals surface area contributed by atoms with Gasteiger partial charge in [0.2, 0.25) is 0 Å². The summed E-state index contributed by atoms with van der Waals surface area (Å²) in [6, 6.07) is 8.93. The number of nitrogens with zero attached hydrogens (tertiary/aromatic N) is 4. The number of methoxy groups -OCH3 is 1. The molecule has 0 aromatic carbocycles. The van der Waals surface area contributed by atoms with Crippen molar-refractivity contribution in [2.75, 3.05) is 17.7 Å². The predicted molar refractivity (Wildman–Crippen MR) is 124 cm³/mol. The van der Waals surface area contributed by atoms with E-state index >= 15 is 0 Å². The molecule has 0 spiro atoms. The van der Waals surface area contributed by atoms with E-state index in [0.29, 0.717) is 40.0 Å². The van der Waals surface area contributed by atoms with Gasteiger partial charge in [-0.2, -0.15) is 0 Å². The maximum atomic E-state index is 12.9. The molecular weight excluding hydrogens is 406 g/mol. The van der Waals surface area contributed by atoms with Crippen LogP contribution >= 0.6 is 0 Å². The second-order valence-corrected chi connectivity index (χ2v) is 7.19. The Morgan fingerprint density at radius 3 is 2.66 bits per heavy atom. The molecule has 0 unspecified atom stereocenters. The Balaban J connectivity index is 1.72. The lowest BCUT2D eigenvalue weighted by atomic mass is 10.1. The zero-order valence-electron chi connectivity index (χ0n) is 17.8. The van der Waals surface area contributed by atoms with Crippen LogP contribution in [0.2, 0.25) is 0 Å². The first-order chi connectivity index (χ1) is 15.6. The number of Topliss-reactive ketones (excluding diaryl/α,β-unsaturated/α-hetero) is 1. The summed E-state index contributed by atoms with van der Waals surface area (Å²) in [5.74, 6) is 2.03. The zero-order chi connectivity index (χ0) is 22.5. The van der Waals surface area contributed by atoms with Crippen molar-refractivity contribution in [2.45, 2.75) is 19.8 Å². The van der Waals surface area contributed by atoms with Gasteiger partial charge in [0.1, 0.15) is 11.6 Å². The highest BCUT2D eigenvalue weighted by Crippen LogP contribution is 2.37. The molecule has 32 heavy (non-hydrogen) atoms. The van der Waals surface area contributed by atoms with E-state index in [9.17, 15) is 4.79 Å². The minimum absolute atomic E-state index is 0.0280. The van der Waals surface area contributed by atoms with Gasteiger partial charge in [-0.05, 0) is 38.0 Å². The largest absolute Gasteiger partial charge is 0.492 e.